The Bertz CT molecular complexity index is 496. The van der Waals surface area contributed by atoms with E-state index in [0.29, 0.717) is 0 Å². The number of allylic oxidation sites excluding steroid dienone is 2. The summed E-state index contributed by atoms with van der Waals surface area (Å²) in [4.78, 5) is 0. The van der Waals surface area contributed by atoms with Crippen LogP contribution in [0.1, 0.15) is 18.4 Å². The molecule has 0 saturated heterocycles. The zero-order valence-electron chi connectivity index (χ0n) is 10.4. The van der Waals surface area contributed by atoms with Gasteiger partial charge in [0.15, 0.2) is 0 Å². The summed E-state index contributed by atoms with van der Waals surface area (Å²) in [5, 5.41) is 4.99. The highest BCUT2D eigenvalue weighted by atomic mass is 35.5. The summed E-state index contributed by atoms with van der Waals surface area (Å²) in [7, 11) is 0. The third-order valence-electron chi connectivity index (χ3n) is 4.22. The maximum absolute atomic E-state index is 6.23. The fourth-order valence-corrected chi connectivity index (χ4v) is 3.60. The van der Waals surface area contributed by atoms with Crippen molar-refractivity contribution >= 4 is 28.9 Å². The molecule has 1 nitrogen and oxygen atoms in total. The zero-order valence-corrected chi connectivity index (χ0v) is 11.9. The molecule has 0 aliphatic heterocycles. The summed E-state index contributed by atoms with van der Waals surface area (Å²) in [6, 6.07) is 3.86. The molecule has 1 fully saturated rings. The van der Waals surface area contributed by atoms with Gasteiger partial charge in [-0.25, -0.2) is 0 Å². The Morgan fingerprint density at radius 2 is 2.00 bits per heavy atom. The Morgan fingerprint density at radius 3 is 2.67 bits per heavy atom. The summed E-state index contributed by atoms with van der Waals surface area (Å²) in [5.74, 6) is 2.33. The molecule has 1 aromatic rings. The van der Waals surface area contributed by atoms with Gasteiger partial charge in [-0.2, -0.15) is 0 Å². The van der Waals surface area contributed by atoms with Crippen LogP contribution in [0.2, 0.25) is 10.0 Å². The van der Waals surface area contributed by atoms with Gasteiger partial charge in [0.25, 0.3) is 0 Å². The number of hydrogen-bond acceptors (Lipinski definition) is 1. The Morgan fingerprint density at radius 1 is 1.17 bits per heavy atom. The Kier molecular flexibility index (Phi) is 3.29. The van der Waals surface area contributed by atoms with Gasteiger partial charge in [-0.05, 0) is 55.2 Å². The lowest BCUT2D eigenvalue weighted by Gasteiger charge is -2.20. The first-order chi connectivity index (χ1) is 8.63. The van der Waals surface area contributed by atoms with Crippen molar-refractivity contribution in [3.8, 4) is 0 Å². The molecule has 2 aliphatic rings. The van der Waals surface area contributed by atoms with Crippen molar-refractivity contribution in [2.24, 2.45) is 17.8 Å². The van der Waals surface area contributed by atoms with Crippen molar-refractivity contribution in [2.45, 2.75) is 19.8 Å². The molecule has 96 valence electrons. The molecular formula is C15H17Cl2N. The van der Waals surface area contributed by atoms with E-state index in [0.717, 1.165) is 45.6 Å². The first-order valence-corrected chi connectivity index (χ1v) is 7.27. The van der Waals surface area contributed by atoms with Gasteiger partial charge in [-0.3, -0.25) is 0 Å². The van der Waals surface area contributed by atoms with E-state index in [2.05, 4.69) is 17.5 Å². The molecule has 2 bridgehead atoms. The molecule has 2 aliphatic carbocycles. The molecular weight excluding hydrogens is 265 g/mol. The van der Waals surface area contributed by atoms with E-state index < -0.39 is 0 Å². The van der Waals surface area contributed by atoms with Crippen LogP contribution in [-0.2, 0) is 0 Å². The van der Waals surface area contributed by atoms with Crippen molar-refractivity contribution in [3.05, 3.63) is 39.9 Å². The van der Waals surface area contributed by atoms with Crippen molar-refractivity contribution in [1.82, 2.24) is 0 Å². The maximum atomic E-state index is 6.23. The van der Waals surface area contributed by atoms with E-state index in [9.17, 15) is 0 Å². The van der Waals surface area contributed by atoms with Gasteiger partial charge in [-0.1, -0.05) is 35.4 Å². The smallest absolute Gasteiger partial charge is 0.0641 e. The molecule has 1 N–H and O–H groups in total. The topological polar surface area (TPSA) is 12.0 Å². The molecule has 0 heterocycles. The molecule has 0 aromatic heterocycles. The van der Waals surface area contributed by atoms with Gasteiger partial charge in [0.1, 0.15) is 0 Å². The Balaban J connectivity index is 1.67. The number of fused-ring (bicyclic) bond motifs is 2. The lowest BCUT2D eigenvalue weighted by atomic mass is 9.93. The van der Waals surface area contributed by atoms with Crippen LogP contribution < -0.4 is 5.32 Å². The van der Waals surface area contributed by atoms with Gasteiger partial charge in [0, 0.05) is 11.6 Å². The van der Waals surface area contributed by atoms with Crippen LogP contribution in [0.5, 0.6) is 0 Å². The number of benzene rings is 1. The third-order valence-corrected chi connectivity index (χ3v) is 4.94. The van der Waals surface area contributed by atoms with Crippen LogP contribution in [0.25, 0.3) is 0 Å². The third kappa shape index (κ3) is 2.26. The van der Waals surface area contributed by atoms with Crippen LogP contribution in [0, 0.1) is 24.7 Å². The van der Waals surface area contributed by atoms with E-state index in [1.165, 1.54) is 12.8 Å². The van der Waals surface area contributed by atoms with Crippen LogP contribution in [0.4, 0.5) is 5.69 Å². The number of halogens is 2. The Labute approximate surface area is 118 Å². The van der Waals surface area contributed by atoms with E-state index in [-0.39, 0.29) is 0 Å². The summed E-state index contributed by atoms with van der Waals surface area (Å²) in [6.45, 7) is 2.96. The van der Waals surface area contributed by atoms with Crippen LogP contribution in [0.3, 0.4) is 0 Å². The van der Waals surface area contributed by atoms with Gasteiger partial charge >= 0.3 is 0 Å². The van der Waals surface area contributed by atoms with E-state index >= 15 is 0 Å². The first kappa shape index (κ1) is 12.4. The predicted molar refractivity (Wildman–Crippen MR) is 78.5 cm³/mol. The lowest BCUT2D eigenvalue weighted by molar-refractivity contribution is 0.472. The second-order valence-electron chi connectivity index (χ2n) is 5.50. The average molecular weight is 282 g/mol. The molecule has 18 heavy (non-hydrogen) atoms. The van der Waals surface area contributed by atoms with Crippen LogP contribution >= 0.6 is 23.2 Å². The number of aryl methyl sites for hydroxylation is 1. The quantitative estimate of drug-likeness (QED) is 0.775. The van der Waals surface area contributed by atoms with Gasteiger partial charge < -0.3 is 5.32 Å². The first-order valence-electron chi connectivity index (χ1n) is 6.51. The van der Waals surface area contributed by atoms with Gasteiger partial charge in [-0.15, -0.1) is 0 Å². The van der Waals surface area contributed by atoms with Crippen molar-refractivity contribution in [3.63, 3.8) is 0 Å². The van der Waals surface area contributed by atoms with Crippen molar-refractivity contribution in [1.29, 1.82) is 0 Å². The van der Waals surface area contributed by atoms with E-state index in [1.54, 1.807) is 0 Å². The second kappa shape index (κ2) is 4.79. The molecule has 0 radical (unpaired) electrons. The molecule has 0 spiro atoms. The van der Waals surface area contributed by atoms with Crippen molar-refractivity contribution in [2.75, 3.05) is 11.9 Å². The number of hydrogen-bond donors (Lipinski definition) is 1. The van der Waals surface area contributed by atoms with Gasteiger partial charge in [0.05, 0.1) is 10.7 Å². The molecule has 3 rings (SSSR count). The van der Waals surface area contributed by atoms with E-state index in [1.807, 2.05) is 19.1 Å². The second-order valence-corrected chi connectivity index (χ2v) is 6.32. The fraction of sp³-hybridized carbons (Fsp3) is 0.467. The molecule has 1 aromatic carbocycles. The molecule has 3 heteroatoms. The minimum Gasteiger partial charge on any atom is -0.383 e. The van der Waals surface area contributed by atoms with Gasteiger partial charge in [0.2, 0.25) is 0 Å². The van der Waals surface area contributed by atoms with Crippen LogP contribution in [-0.4, -0.2) is 6.54 Å². The Hall–Kier alpha value is -0.660. The largest absolute Gasteiger partial charge is 0.383 e. The molecule has 0 amide bonds. The summed E-state index contributed by atoms with van der Waals surface area (Å²) in [6.07, 6.45) is 7.40. The maximum Gasteiger partial charge on any atom is 0.0641 e. The summed E-state index contributed by atoms with van der Waals surface area (Å²) < 4.78 is 0. The highest BCUT2D eigenvalue weighted by molar-refractivity contribution is 6.35. The standard InChI is InChI=1S/C15H17Cl2N/c1-9-4-14(17)15(7-13(9)16)18-8-12-6-10-2-3-11(12)5-10/h2-4,7,10-12,18H,5-6,8H2,1H3. The normalized spacial score (nSPS) is 28.9. The minimum absolute atomic E-state index is 0.746. The van der Waals surface area contributed by atoms with E-state index in [4.69, 9.17) is 23.2 Å². The minimum atomic E-state index is 0.746. The number of nitrogens with one attached hydrogen (secondary N) is 1. The highest BCUT2D eigenvalue weighted by Crippen LogP contribution is 2.43. The molecule has 3 unspecified atom stereocenters. The zero-order chi connectivity index (χ0) is 12.7. The highest BCUT2D eigenvalue weighted by Gasteiger charge is 2.35. The molecule has 3 atom stereocenters. The summed E-state index contributed by atoms with van der Waals surface area (Å²) >= 11 is 12.4. The lowest BCUT2D eigenvalue weighted by Crippen LogP contribution is -2.18. The predicted octanol–water partition coefficient (Wildman–Crippen LogP) is 4.93. The number of rotatable bonds is 3. The SMILES string of the molecule is Cc1cc(Cl)c(NCC2CC3C=CC2C3)cc1Cl. The number of anilines is 1. The monoisotopic (exact) mass is 281 g/mol. The van der Waals surface area contributed by atoms with Crippen LogP contribution in [0.15, 0.2) is 24.3 Å². The van der Waals surface area contributed by atoms with Crippen molar-refractivity contribution < 1.29 is 0 Å². The summed E-state index contributed by atoms with van der Waals surface area (Å²) in [5.41, 5.74) is 1.98. The fourth-order valence-electron chi connectivity index (χ4n) is 3.15. The average Bonchev–Trinajstić information content (AvgIpc) is 2.94. The molecule has 1 saturated carbocycles.